The van der Waals surface area contributed by atoms with Crippen LogP contribution in [0.2, 0.25) is 5.02 Å². The first-order chi connectivity index (χ1) is 7.84. The largest absolute Gasteiger partial charge is 0.384 e. The molecule has 16 heavy (non-hydrogen) atoms. The Balaban J connectivity index is 2.04. The van der Waals surface area contributed by atoms with Gasteiger partial charge in [0, 0.05) is 23.2 Å². The van der Waals surface area contributed by atoms with E-state index >= 15 is 0 Å². The van der Waals surface area contributed by atoms with E-state index in [2.05, 4.69) is 41.7 Å². The third kappa shape index (κ3) is 1.57. The summed E-state index contributed by atoms with van der Waals surface area (Å²) in [4.78, 5) is 0. The lowest BCUT2D eigenvalue weighted by atomic mass is 9.93. The quantitative estimate of drug-likeness (QED) is 0.782. The Morgan fingerprint density at radius 3 is 2.69 bits per heavy atom. The molecule has 0 saturated heterocycles. The minimum absolute atomic E-state index is 0.452. The highest BCUT2D eigenvalue weighted by Crippen LogP contribution is 2.37. The Bertz CT molecular complexity index is 507. The molecule has 80 valence electrons. The molecule has 0 radical (unpaired) electrons. The normalized spacial score (nSPS) is 17.9. The van der Waals surface area contributed by atoms with Gasteiger partial charge >= 0.3 is 0 Å². The average molecular weight is 230 g/mol. The van der Waals surface area contributed by atoms with Gasteiger partial charge in [0.05, 0.1) is 0 Å². The minimum atomic E-state index is 0.452. The van der Waals surface area contributed by atoms with Crippen molar-refractivity contribution in [2.24, 2.45) is 0 Å². The van der Waals surface area contributed by atoms with Crippen LogP contribution in [-0.2, 0) is 0 Å². The first kappa shape index (κ1) is 9.73. The summed E-state index contributed by atoms with van der Waals surface area (Å²) in [6.45, 7) is 0.958. The summed E-state index contributed by atoms with van der Waals surface area (Å²) in [6, 6.07) is 16.7. The maximum absolute atomic E-state index is 5.98. The highest BCUT2D eigenvalue weighted by atomic mass is 35.5. The molecule has 0 spiro atoms. The van der Waals surface area contributed by atoms with Crippen LogP contribution in [0.4, 0.5) is 5.69 Å². The van der Waals surface area contributed by atoms with Gasteiger partial charge in [-0.25, -0.2) is 0 Å². The molecule has 1 aliphatic heterocycles. The Kier molecular flexibility index (Phi) is 2.33. The van der Waals surface area contributed by atoms with Crippen LogP contribution in [0, 0.1) is 0 Å². The van der Waals surface area contributed by atoms with Crippen molar-refractivity contribution in [3.63, 3.8) is 0 Å². The van der Waals surface area contributed by atoms with E-state index in [1.807, 2.05) is 12.1 Å². The highest BCUT2D eigenvalue weighted by molar-refractivity contribution is 6.30. The van der Waals surface area contributed by atoms with Crippen LogP contribution in [-0.4, -0.2) is 6.54 Å². The van der Waals surface area contributed by atoms with E-state index in [0.29, 0.717) is 5.92 Å². The van der Waals surface area contributed by atoms with E-state index in [-0.39, 0.29) is 0 Å². The van der Waals surface area contributed by atoms with Gasteiger partial charge in [0.1, 0.15) is 0 Å². The lowest BCUT2D eigenvalue weighted by molar-refractivity contribution is 0.907. The molecule has 0 aliphatic carbocycles. The maximum atomic E-state index is 5.98. The second-order valence-electron chi connectivity index (χ2n) is 4.08. The summed E-state index contributed by atoms with van der Waals surface area (Å²) in [5.74, 6) is 0.452. The number of rotatable bonds is 1. The zero-order valence-electron chi connectivity index (χ0n) is 8.78. The van der Waals surface area contributed by atoms with Crippen LogP contribution in [0.25, 0.3) is 0 Å². The number of halogens is 1. The number of benzene rings is 2. The van der Waals surface area contributed by atoms with E-state index in [1.54, 1.807) is 0 Å². The van der Waals surface area contributed by atoms with Crippen LogP contribution in [0.3, 0.4) is 0 Å². The summed E-state index contributed by atoms with van der Waals surface area (Å²) in [7, 11) is 0. The zero-order valence-corrected chi connectivity index (χ0v) is 9.54. The minimum Gasteiger partial charge on any atom is -0.384 e. The van der Waals surface area contributed by atoms with Crippen molar-refractivity contribution < 1.29 is 0 Å². The molecule has 0 bridgehead atoms. The predicted molar refractivity (Wildman–Crippen MR) is 68.2 cm³/mol. The smallest absolute Gasteiger partial charge is 0.0426 e. The molecule has 1 nitrogen and oxygen atoms in total. The van der Waals surface area contributed by atoms with Crippen LogP contribution in [0.1, 0.15) is 17.0 Å². The Hall–Kier alpha value is -1.47. The lowest BCUT2D eigenvalue weighted by Gasteiger charge is -2.10. The molecule has 2 aromatic carbocycles. The number of fused-ring (bicyclic) bond motifs is 1. The van der Waals surface area contributed by atoms with E-state index in [9.17, 15) is 0 Å². The SMILES string of the molecule is Clc1ccc2c(c1)NC[C@H]2c1ccccc1. The van der Waals surface area contributed by atoms with E-state index < -0.39 is 0 Å². The van der Waals surface area contributed by atoms with Gasteiger partial charge in [0.15, 0.2) is 0 Å². The molecule has 0 unspecified atom stereocenters. The van der Waals surface area contributed by atoms with Crippen molar-refractivity contribution in [1.82, 2.24) is 0 Å². The number of hydrogen-bond donors (Lipinski definition) is 1. The fourth-order valence-corrected chi connectivity index (χ4v) is 2.46. The predicted octanol–water partition coefficient (Wildman–Crippen LogP) is 3.90. The lowest BCUT2D eigenvalue weighted by Crippen LogP contribution is -2.03. The molecule has 1 atom stereocenters. The topological polar surface area (TPSA) is 12.0 Å². The van der Waals surface area contributed by atoms with Gasteiger partial charge in [0.25, 0.3) is 0 Å². The summed E-state index contributed by atoms with van der Waals surface area (Å²) >= 11 is 5.98. The number of anilines is 1. The van der Waals surface area contributed by atoms with Crippen molar-refractivity contribution in [3.8, 4) is 0 Å². The summed E-state index contributed by atoms with van der Waals surface area (Å²) in [5.41, 5.74) is 3.87. The molecule has 2 heteroatoms. The third-order valence-electron chi connectivity index (χ3n) is 3.09. The monoisotopic (exact) mass is 229 g/mol. The van der Waals surface area contributed by atoms with Gasteiger partial charge in [-0.1, -0.05) is 48.0 Å². The Labute approximate surface area is 100 Å². The van der Waals surface area contributed by atoms with Gasteiger partial charge in [-0.3, -0.25) is 0 Å². The molecule has 0 aromatic heterocycles. The molecular formula is C14H12ClN. The average Bonchev–Trinajstić information content (AvgIpc) is 2.73. The summed E-state index contributed by atoms with van der Waals surface area (Å²) in [5, 5.41) is 4.20. The van der Waals surface area contributed by atoms with Crippen molar-refractivity contribution in [2.45, 2.75) is 5.92 Å². The fraction of sp³-hybridized carbons (Fsp3) is 0.143. The molecule has 2 aromatic rings. The van der Waals surface area contributed by atoms with Crippen LogP contribution in [0.5, 0.6) is 0 Å². The van der Waals surface area contributed by atoms with Crippen molar-refractivity contribution in [1.29, 1.82) is 0 Å². The second kappa shape index (κ2) is 3.84. The summed E-state index contributed by atoms with van der Waals surface area (Å²) in [6.07, 6.45) is 0. The first-order valence-electron chi connectivity index (χ1n) is 5.43. The molecule has 1 aliphatic rings. The standard InChI is InChI=1S/C14H12ClN/c15-11-6-7-12-13(9-16-14(12)8-11)10-4-2-1-3-5-10/h1-8,13,16H,9H2/t13-/m0/s1. The van der Waals surface area contributed by atoms with Crippen LogP contribution in [0.15, 0.2) is 48.5 Å². The molecular weight excluding hydrogens is 218 g/mol. The van der Waals surface area contributed by atoms with E-state index in [4.69, 9.17) is 11.6 Å². The molecule has 1 heterocycles. The van der Waals surface area contributed by atoms with Crippen LogP contribution >= 0.6 is 11.6 Å². The number of nitrogens with one attached hydrogen (secondary N) is 1. The Morgan fingerprint density at radius 2 is 1.88 bits per heavy atom. The first-order valence-corrected chi connectivity index (χ1v) is 5.80. The fourth-order valence-electron chi connectivity index (χ4n) is 2.29. The van der Waals surface area contributed by atoms with Crippen molar-refractivity contribution >= 4 is 17.3 Å². The van der Waals surface area contributed by atoms with Crippen LogP contribution < -0.4 is 5.32 Å². The van der Waals surface area contributed by atoms with Gasteiger partial charge < -0.3 is 5.32 Å². The molecule has 0 amide bonds. The third-order valence-corrected chi connectivity index (χ3v) is 3.32. The highest BCUT2D eigenvalue weighted by Gasteiger charge is 2.23. The van der Waals surface area contributed by atoms with Crippen molar-refractivity contribution in [3.05, 3.63) is 64.7 Å². The Morgan fingerprint density at radius 1 is 1.06 bits per heavy atom. The molecule has 0 saturated carbocycles. The van der Waals surface area contributed by atoms with Gasteiger partial charge in [-0.05, 0) is 23.3 Å². The zero-order chi connectivity index (χ0) is 11.0. The summed E-state index contributed by atoms with van der Waals surface area (Å²) < 4.78 is 0. The van der Waals surface area contributed by atoms with E-state index in [0.717, 1.165) is 11.6 Å². The number of hydrogen-bond acceptors (Lipinski definition) is 1. The van der Waals surface area contributed by atoms with Gasteiger partial charge in [-0.2, -0.15) is 0 Å². The van der Waals surface area contributed by atoms with Crippen molar-refractivity contribution in [2.75, 3.05) is 11.9 Å². The van der Waals surface area contributed by atoms with E-state index in [1.165, 1.54) is 16.8 Å². The molecule has 3 rings (SSSR count). The maximum Gasteiger partial charge on any atom is 0.0426 e. The van der Waals surface area contributed by atoms with Gasteiger partial charge in [0.2, 0.25) is 0 Å². The molecule has 1 N–H and O–H groups in total. The second-order valence-corrected chi connectivity index (χ2v) is 4.51. The molecule has 0 fully saturated rings. The van der Waals surface area contributed by atoms with Gasteiger partial charge in [-0.15, -0.1) is 0 Å².